The summed E-state index contributed by atoms with van der Waals surface area (Å²) in [7, 11) is 1.87. The van der Waals surface area contributed by atoms with E-state index in [0.29, 0.717) is 0 Å². The number of thiazole rings is 1. The zero-order valence-electron chi connectivity index (χ0n) is 8.11. The molecule has 2 heterocycles. The first-order valence-corrected chi connectivity index (χ1v) is 5.23. The van der Waals surface area contributed by atoms with Gasteiger partial charge in [-0.3, -0.25) is 4.98 Å². The summed E-state index contributed by atoms with van der Waals surface area (Å²) in [6.45, 7) is 2.03. The molecule has 0 spiro atoms. The first kappa shape index (κ1) is 9.15. The van der Waals surface area contributed by atoms with E-state index in [1.165, 1.54) is 0 Å². The second-order valence-electron chi connectivity index (χ2n) is 3.04. The van der Waals surface area contributed by atoms with Gasteiger partial charge in [0.1, 0.15) is 0 Å². The molecule has 72 valence electrons. The van der Waals surface area contributed by atoms with Crippen molar-refractivity contribution in [2.45, 2.75) is 6.92 Å². The van der Waals surface area contributed by atoms with Crippen LogP contribution in [0.25, 0.3) is 11.3 Å². The molecule has 0 unspecified atom stereocenters. The van der Waals surface area contributed by atoms with E-state index in [4.69, 9.17) is 0 Å². The molecule has 2 rings (SSSR count). The highest BCUT2D eigenvalue weighted by molar-refractivity contribution is 7.14. The van der Waals surface area contributed by atoms with E-state index >= 15 is 0 Å². The van der Waals surface area contributed by atoms with Crippen molar-refractivity contribution in [2.75, 3.05) is 12.4 Å². The minimum Gasteiger partial charge on any atom is -0.365 e. The van der Waals surface area contributed by atoms with Crippen LogP contribution in [0.15, 0.2) is 23.8 Å². The van der Waals surface area contributed by atoms with Crippen molar-refractivity contribution in [3.8, 4) is 11.3 Å². The Bertz CT molecular complexity index is 436. The summed E-state index contributed by atoms with van der Waals surface area (Å²) in [5.41, 5.74) is 3.21. The zero-order chi connectivity index (χ0) is 9.97. The van der Waals surface area contributed by atoms with Crippen molar-refractivity contribution in [2.24, 2.45) is 0 Å². The number of rotatable bonds is 2. The Hall–Kier alpha value is -1.42. The fraction of sp³-hybridized carbons (Fsp3) is 0.200. The van der Waals surface area contributed by atoms with Crippen LogP contribution in [0.4, 0.5) is 5.13 Å². The van der Waals surface area contributed by atoms with Crippen LogP contribution in [0.3, 0.4) is 0 Å². The number of aromatic nitrogens is 2. The van der Waals surface area contributed by atoms with Crippen LogP contribution in [-0.2, 0) is 0 Å². The van der Waals surface area contributed by atoms with Crippen molar-refractivity contribution < 1.29 is 0 Å². The molecule has 0 radical (unpaired) electrons. The number of anilines is 1. The van der Waals surface area contributed by atoms with Gasteiger partial charge in [0, 0.05) is 30.4 Å². The number of aryl methyl sites for hydroxylation is 1. The molecule has 2 aromatic heterocycles. The lowest BCUT2D eigenvalue weighted by molar-refractivity contribution is 1.25. The van der Waals surface area contributed by atoms with Crippen molar-refractivity contribution >= 4 is 16.5 Å². The summed E-state index contributed by atoms with van der Waals surface area (Å²) >= 11 is 1.60. The van der Waals surface area contributed by atoms with Crippen LogP contribution in [0.1, 0.15) is 5.56 Å². The summed E-state index contributed by atoms with van der Waals surface area (Å²) in [6, 6.07) is 2.08. The van der Waals surface area contributed by atoms with E-state index in [1.807, 2.05) is 31.7 Å². The summed E-state index contributed by atoms with van der Waals surface area (Å²) in [4.78, 5) is 8.55. The van der Waals surface area contributed by atoms with Crippen LogP contribution >= 0.6 is 11.3 Å². The lowest BCUT2D eigenvalue weighted by Gasteiger charge is -1.96. The second-order valence-corrected chi connectivity index (χ2v) is 3.90. The molecule has 3 nitrogen and oxygen atoms in total. The molecule has 1 N–H and O–H groups in total. The third kappa shape index (κ3) is 1.75. The van der Waals surface area contributed by atoms with Crippen molar-refractivity contribution in [3.63, 3.8) is 0 Å². The molecule has 0 aromatic carbocycles. The average Bonchev–Trinajstić information content (AvgIpc) is 2.66. The normalized spacial score (nSPS) is 10.1. The maximum Gasteiger partial charge on any atom is 0.182 e. The Balaban J connectivity index is 2.39. The number of hydrogen-bond donors (Lipinski definition) is 1. The molecule has 0 amide bonds. The highest BCUT2D eigenvalue weighted by Crippen LogP contribution is 2.24. The molecular weight excluding hydrogens is 194 g/mol. The molecule has 0 aliphatic rings. The third-order valence-corrected chi connectivity index (χ3v) is 2.75. The van der Waals surface area contributed by atoms with Gasteiger partial charge in [0.05, 0.1) is 5.69 Å². The van der Waals surface area contributed by atoms with Crippen LogP contribution in [0, 0.1) is 6.92 Å². The lowest BCUT2D eigenvalue weighted by atomic mass is 10.2. The fourth-order valence-electron chi connectivity index (χ4n) is 1.22. The van der Waals surface area contributed by atoms with E-state index in [9.17, 15) is 0 Å². The topological polar surface area (TPSA) is 37.8 Å². The minimum atomic E-state index is 0.932. The molecule has 0 atom stereocenters. The van der Waals surface area contributed by atoms with Gasteiger partial charge in [-0.1, -0.05) is 0 Å². The molecular formula is C10H11N3S. The Labute approximate surface area is 86.8 Å². The summed E-state index contributed by atoms with van der Waals surface area (Å²) in [6.07, 6.45) is 3.68. The van der Waals surface area contributed by atoms with Crippen molar-refractivity contribution in [1.82, 2.24) is 9.97 Å². The van der Waals surface area contributed by atoms with Crippen LogP contribution in [-0.4, -0.2) is 17.0 Å². The highest BCUT2D eigenvalue weighted by atomic mass is 32.1. The summed E-state index contributed by atoms with van der Waals surface area (Å²) in [5.74, 6) is 0. The number of nitrogens with zero attached hydrogens (tertiary/aromatic N) is 2. The molecule has 4 heteroatoms. The maximum absolute atomic E-state index is 4.41. The van der Waals surface area contributed by atoms with Gasteiger partial charge in [-0.2, -0.15) is 0 Å². The van der Waals surface area contributed by atoms with Gasteiger partial charge in [-0.25, -0.2) is 4.98 Å². The molecule has 0 aliphatic carbocycles. The quantitative estimate of drug-likeness (QED) is 0.818. The van der Waals surface area contributed by atoms with Crippen LogP contribution in [0.2, 0.25) is 0 Å². The lowest BCUT2D eigenvalue weighted by Crippen LogP contribution is -1.86. The highest BCUT2D eigenvalue weighted by Gasteiger charge is 2.03. The molecule has 0 bridgehead atoms. The molecule has 2 aromatic rings. The van der Waals surface area contributed by atoms with E-state index < -0.39 is 0 Å². The number of nitrogens with one attached hydrogen (secondary N) is 1. The minimum absolute atomic E-state index is 0.932. The first-order chi connectivity index (χ1) is 6.79. The SMILES string of the molecule is CNc1nc(-c2cncc(C)c2)cs1. The fourth-order valence-corrected chi connectivity index (χ4v) is 1.90. The van der Waals surface area contributed by atoms with Gasteiger partial charge < -0.3 is 5.32 Å². The zero-order valence-corrected chi connectivity index (χ0v) is 8.93. The average molecular weight is 205 g/mol. The van der Waals surface area contributed by atoms with Gasteiger partial charge in [0.15, 0.2) is 5.13 Å². The Morgan fingerprint density at radius 2 is 2.21 bits per heavy atom. The maximum atomic E-state index is 4.41. The van der Waals surface area contributed by atoms with Gasteiger partial charge in [0.25, 0.3) is 0 Å². The van der Waals surface area contributed by atoms with E-state index in [1.54, 1.807) is 11.3 Å². The van der Waals surface area contributed by atoms with E-state index in [2.05, 4.69) is 21.4 Å². The standard InChI is InChI=1S/C10H11N3S/c1-7-3-8(5-12-4-7)9-6-14-10(11-2)13-9/h3-6H,1-2H3,(H,11,13). The first-order valence-electron chi connectivity index (χ1n) is 4.35. The van der Waals surface area contributed by atoms with Gasteiger partial charge in [0.2, 0.25) is 0 Å². The van der Waals surface area contributed by atoms with Gasteiger partial charge in [-0.15, -0.1) is 11.3 Å². The van der Waals surface area contributed by atoms with E-state index in [0.717, 1.165) is 22.0 Å². The molecule has 0 fully saturated rings. The van der Waals surface area contributed by atoms with Crippen molar-refractivity contribution in [3.05, 3.63) is 29.4 Å². The molecule has 0 saturated heterocycles. The molecule has 0 saturated carbocycles. The Kier molecular flexibility index (Phi) is 2.45. The van der Waals surface area contributed by atoms with Gasteiger partial charge in [-0.05, 0) is 18.6 Å². The summed E-state index contributed by atoms with van der Waals surface area (Å²) < 4.78 is 0. The summed E-state index contributed by atoms with van der Waals surface area (Å²) in [5, 5.41) is 5.98. The van der Waals surface area contributed by atoms with Gasteiger partial charge >= 0.3 is 0 Å². The Morgan fingerprint density at radius 1 is 1.36 bits per heavy atom. The largest absolute Gasteiger partial charge is 0.365 e. The Morgan fingerprint density at radius 3 is 2.86 bits per heavy atom. The number of pyridine rings is 1. The van der Waals surface area contributed by atoms with Crippen LogP contribution in [0.5, 0.6) is 0 Å². The third-order valence-electron chi connectivity index (χ3n) is 1.89. The number of hydrogen-bond acceptors (Lipinski definition) is 4. The predicted octanol–water partition coefficient (Wildman–Crippen LogP) is 2.56. The monoisotopic (exact) mass is 205 g/mol. The van der Waals surface area contributed by atoms with E-state index in [-0.39, 0.29) is 0 Å². The second kappa shape index (κ2) is 3.75. The predicted molar refractivity (Wildman–Crippen MR) is 59.6 cm³/mol. The molecule has 14 heavy (non-hydrogen) atoms. The van der Waals surface area contributed by atoms with Crippen molar-refractivity contribution in [1.29, 1.82) is 0 Å². The smallest absolute Gasteiger partial charge is 0.182 e. The molecule has 0 aliphatic heterocycles. The van der Waals surface area contributed by atoms with Crippen LogP contribution < -0.4 is 5.32 Å².